The first kappa shape index (κ1) is 15.4. The van der Waals surface area contributed by atoms with Crippen LogP contribution in [0.3, 0.4) is 0 Å². The average molecular weight is 330 g/mol. The second-order valence-corrected chi connectivity index (χ2v) is 5.72. The van der Waals surface area contributed by atoms with Crippen LogP contribution in [0.25, 0.3) is 0 Å². The van der Waals surface area contributed by atoms with Crippen LogP contribution in [-0.2, 0) is 4.79 Å². The van der Waals surface area contributed by atoms with E-state index in [-0.39, 0.29) is 11.9 Å². The first-order valence-corrected chi connectivity index (χ1v) is 7.73. The Morgan fingerprint density at radius 3 is 2.48 bits per heavy atom. The van der Waals surface area contributed by atoms with E-state index in [1.54, 1.807) is 41.3 Å². The van der Waals surface area contributed by atoms with Crippen molar-refractivity contribution in [2.75, 3.05) is 22.1 Å². The lowest BCUT2D eigenvalue weighted by atomic mass is 10.2. The Balaban J connectivity index is 1.66. The number of carbonyl (C=O) groups is 2. The summed E-state index contributed by atoms with van der Waals surface area (Å²) in [5, 5.41) is 6.10. The molecule has 2 N–H and O–H groups in total. The van der Waals surface area contributed by atoms with Crippen LogP contribution in [0.5, 0.6) is 0 Å². The fourth-order valence-corrected chi connectivity index (χ4v) is 2.63. The van der Waals surface area contributed by atoms with Gasteiger partial charge in [0.25, 0.3) is 0 Å². The molecule has 1 saturated heterocycles. The first-order chi connectivity index (χ1) is 11.1. The Labute approximate surface area is 139 Å². The van der Waals surface area contributed by atoms with E-state index in [1.807, 2.05) is 12.1 Å². The number of hydrogen-bond donors (Lipinski definition) is 2. The molecule has 0 aliphatic carbocycles. The van der Waals surface area contributed by atoms with Crippen LogP contribution in [0.2, 0.25) is 5.02 Å². The van der Waals surface area contributed by atoms with Gasteiger partial charge in [-0.2, -0.15) is 0 Å². The number of halogens is 1. The monoisotopic (exact) mass is 329 g/mol. The van der Waals surface area contributed by atoms with Gasteiger partial charge in [-0.15, -0.1) is 0 Å². The number of rotatable bonds is 3. The van der Waals surface area contributed by atoms with Gasteiger partial charge in [0.2, 0.25) is 5.91 Å². The molecule has 2 aromatic rings. The minimum Gasteiger partial charge on any atom is -0.312 e. The van der Waals surface area contributed by atoms with Crippen molar-refractivity contribution < 1.29 is 9.59 Å². The number of nitrogens with zero attached hydrogens (tertiary/aromatic N) is 1. The van der Waals surface area contributed by atoms with Gasteiger partial charge in [0.15, 0.2) is 0 Å². The summed E-state index contributed by atoms with van der Waals surface area (Å²) in [5.74, 6) is 0.118. The van der Waals surface area contributed by atoms with Crippen molar-refractivity contribution in [2.45, 2.75) is 12.8 Å². The molecule has 5 nitrogen and oxygen atoms in total. The highest BCUT2D eigenvalue weighted by Gasteiger charge is 2.21. The Bertz CT molecular complexity index is 731. The minimum atomic E-state index is -0.350. The number of anilines is 3. The van der Waals surface area contributed by atoms with Crippen molar-refractivity contribution in [3.8, 4) is 0 Å². The van der Waals surface area contributed by atoms with E-state index in [0.717, 1.165) is 18.7 Å². The molecule has 0 bridgehead atoms. The summed E-state index contributed by atoms with van der Waals surface area (Å²) < 4.78 is 0. The number of nitrogens with one attached hydrogen (secondary N) is 2. The lowest BCUT2D eigenvalue weighted by Gasteiger charge is -2.17. The molecule has 3 amide bonds. The summed E-state index contributed by atoms with van der Waals surface area (Å²) >= 11 is 5.81. The molecule has 1 heterocycles. The van der Waals surface area contributed by atoms with Gasteiger partial charge in [-0.3, -0.25) is 4.79 Å². The first-order valence-electron chi connectivity index (χ1n) is 7.36. The molecule has 3 rings (SSSR count). The van der Waals surface area contributed by atoms with Crippen molar-refractivity contribution in [1.82, 2.24) is 0 Å². The number of hydrogen-bond acceptors (Lipinski definition) is 2. The fourth-order valence-electron chi connectivity index (χ4n) is 2.50. The van der Waals surface area contributed by atoms with Gasteiger partial charge >= 0.3 is 6.03 Å². The van der Waals surface area contributed by atoms with Crippen molar-refractivity contribution in [3.63, 3.8) is 0 Å². The second-order valence-electron chi connectivity index (χ2n) is 5.29. The molecular formula is C17H16ClN3O2. The topological polar surface area (TPSA) is 61.4 Å². The molecule has 0 spiro atoms. The second kappa shape index (κ2) is 6.71. The quantitative estimate of drug-likeness (QED) is 0.890. The zero-order valence-electron chi connectivity index (χ0n) is 12.4. The zero-order chi connectivity index (χ0) is 16.2. The van der Waals surface area contributed by atoms with Crippen LogP contribution < -0.4 is 15.5 Å². The smallest absolute Gasteiger partial charge is 0.312 e. The Hall–Kier alpha value is -2.53. The largest absolute Gasteiger partial charge is 0.323 e. The number of urea groups is 1. The van der Waals surface area contributed by atoms with E-state index in [4.69, 9.17) is 11.6 Å². The summed E-state index contributed by atoms with van der Waals surface area (Å²) in [6.45, 7) is 0.721. The van der Waals surface area contributed by atoms with Crippen LogP contribution in [0.15, 0.2) is 48.5 Å². The summed E-state index contributed by atoms with van der Waals surface area (Å²) in [6.07, 6.45) is 1.45. The Morgan fingerprint density at radius 2 is 1.78 bits per heavy atom. The molecule has 0 atom stereocenters. The molecule has 1 aliphatic rings. The summed E-state index contributed by atoms with van der Waals surface area (Å²) in [5.41, 5.74) is 2.09. The molecule has 1 aliphatic heterocycles. The van der Waals surface area contributed by atoms with Crippen LogP contribution in [-0.4, -0.2) is 18.5 Å². The van der Waals surface area contributed by atoms with Gasteiger partial charge in [-0.05, 0) is 48.9 Å². The predicted molar refractivity (Wildman–Crippen MR) is 92.1 cm³/mol. The standard InChI is InChI=1S/C17H16ClN3O2/c18-12-6-8-13(9-7-12)19-17(23)20-14-3-1-4-15(11-14)21-10-2-5-16(21)22/h1,3-4,6-9,11H,2,5,10H2,(H2,19,20,23). The van der Waals surface area contributed by atoms with Gasteiger partial charge in [0, 0.05) is 35.1 Å². The van der Waals surface area contributed by atoms with E-state index in [2.05, 4.69) is 10.6 Å². The third kappa shape index (κ3) is 3.81. The van der Waals surface area contributed by atoms with E-state index in [0.29, 0.717) is 22.8 Å². The molecule has 6 heteroatoms. The maximum absolute atomic E-state index is 12.0. The molecule has 0 aromatic heterocycles. The number of amides is 3. The number of benzene rings is 2. The highest BCUT2D eigenvalue weighted by atomic mass is 35.5. The third-order valence-electron chi connectivity index (χ3n) is 3.59. The molecule has 0 radical (unpaired) electrons. The fraction of sp³-hybridized carbons (Fsp3) is 0.176. The van der Waals surface area contributed by atoms with Crippen LogP contribution in [0, 0.1) is 0 Å². The van der Waals surface area contributed by atoms with Crippen molar-refractivity contribution in [3.05, 3.63) is 53.6 Å². The molecule has 0 unspecified atom stereocenters. The molecule has 23 heavy (non-hydrogen) atoms. The van der Waals surface area contributed by atoms with Crippen LogP contribution in [0.4, 0.5) is 21.9 Å². The summed E-state index contributed by atoms with van der Waals surface area (Å²) in [6, 6.07) is 13.8. The molecule has 1 fully saturated rings. The Morgan fingerprint density at radius 1 is 1.04 bits per heavy atom. The van der Waals surface area contributed by atoms with Gasteiger partial charge < -0.3 is 15.5 Å². The maximum atomic E-state index is 12.0. The summed E-state index contributed by atoms with van der Waals surface area (Å²) in [4.78, 5) is 25.6. The van der Waals surface area contributed by atoms with Crippen LogP contribution in [0.1, 0.15) is 12.8 Å². The van der Waals surface area contributed by atoms with Gasteiger partial charge in [0.05, 0.1) is 0 Å². The molecular weight excluding hydrogens is 314 g/mol. The van der Waals surface area contributed by atoms with E-state index < -0.39 is 0 Å². The maximum Gasteiger partial charge on any atom is 0.323 e. The number of carbonyl (C=O) groups excluding carboxylic acids is 2. The third-order valence-corrected chi connectivity index (χ3v) is 3.84. The highest BCUT2D eigenvalue weighted by Crippen LogP contribution is 2.24. The van der Waals surface area contributed by atoms with Crippen molar-refractivity contribution in [2.24, 2.45) is 0 Å². The molecule has 118 valence electrons. The lowest BCUT2D eigenvalue weighted by Crippen LogP contribution is -2.24. The van der Waals surface area contributed by atoms with Gasteiger partial charge in [-0.1, -0.05) is 17.7 Å². The van der Waals surface area contributed by atoms with Gasteiger partial charge in [-0.25, -0.2) is 4.79 Å². The zero-order valence-corrected chi connectivity index (χ0v) is 13.1. The van der Waals surface area contributed by atoms with E-state index >= 15 is 0 Å². The summed E-state index contributed by atoms with van der Waals surface area (Å²) in [7, 11) is 0. The molecule has 2 aromatic carbocycles. The van der Waals surface area contributed by atoms with E-state index in [1.165, 1.54) is 0 Å². The van der Waals surface area contributed by atoms with Crippen molar-refractivity contribution in [1.29, 1.82) is 0 Å². The highest BCUT2D eigenvalue weighted by molar-refractivity contribution is 6.30. The lowest BCUT2D eigenvalue weighted by molar-refractivity contribution is -0.117. The van der Waals surface area contributed by atoms with Crippen molar-refractivity contribution >= 4 is 40.6 Å². The Kier molecular flexibility index (Phi) is 4.48. The SMILES string of the molecule is O=C(Nc1ccc(Cl)cc1)Nc1cccc(N2CCCC2=O)c1. The molecule has 0 saturated carbocycles. The minimum absolute atomic E-state index is 0.118. The average Bonchev–Trinajstić information content (AvgIpc) is 2.96. The normalized spacial score (nSPS) is 14.0. The van der Waals surface area contributed by atoms with Crippen LogP contribution >= 0.6 is 11.6 Å². The predicted octanol–water partition coefficient (Wildman–Crippen LogP) is 4.11. The van der Waals surface area contributed by atoms with E-state index in [9.17, 15) is 9.59 Å². The van der Waals surface area contributed by atoms with Gasteiger partial charge in [0.1, 0.15) is 0 Å².